The molecular weight excluding hydrogens is 465 g/mol. The molecule has 3 aliphatic rings. The van der Waals surface area contributed by atoms with E-state index >= 15 is 0 Å². The molecule has 0 unspecified atom stereocenters. The number of alkyl halides is 3. The molecule has 0 bridgehead atoms. The lowest BCUT2D eigenvalue weighted by atomic mass is 9.75. The highest BCUT2D eigenvalue weighted by Crippen LogP contribution is 2.37. The van der Waals surface area contributed by atoms with Gasteiger partial charge in [0.2, 0.25) is 17.7 Å². The quantitative estimate of drug-likeness (QED) is 0.608. The van der Waals surface area contributed by atoms with Gasteiger partial charge in [-0.15, -0.1) is 13.2 Å². The van der Waals surface area contributed by atoms with Crippen LogP contribution in [-0.2, 0) is 20.9 Å². The molecule has 8 nitrogen and oxygen atoms in total. The van der Waals surface area contributed by atoms with Crippen molar-refractivity contribution in [1.82, 2.24) is 15.5 Å². The number of amides is 3. The molecule has 1 aliphatic heterocycles. The summed E-state index contributed by atoms with van der Waals surface area (Å²) in [7, 11) is 0. The Morgan fingerprint density at radius 2 is 1.86 bits per heavy atom. The Morgan fingerprint density at radius 1 is 1.11 bits per heavy atom. The summed E-state index contributed by atoms with van der Waals surface area (Å²) in [6, 6.07) is 5.39. The molecule has 11 heteroatoms. The molecule has 3 fully saturated rings. The van der Waals surface area contributed by atoms with E-state index in [1.165, 1.54) is 12.1 Å². The van der Waals surface area contributed by atoms with Gasteiger partial charge in [-0.1, -0.05) is 6.07 Å². The Morgan fingerprint density at radius 3 is 2.46 bits per heavy atom. The molecule has 1 aromatic carbocycles. The van der Waals surface area contributed by atoms with Gasteiger partial charge in [0, 0.05) is 31.1 Å². The Balaban J connectivity index is 1.37. The van der Waals surface area contributed by atoms with E-state index in [4.69, 9.17) is 5.26 Å². The zero-order chi connectivity index (χ0) is 25.2. The van der Waals surface area contributed by atoms with Crippen LogP contribution >= 0.6 is 0 Å². The highest BCUT2D eigenvalue weighted by molar-refractivity contribution is 5.94. The fourth-order valence-corrected chi connectivity index (χ4v) is 4.60. The lowest BCUT2D eigenvalue weighted by Gasteiger charge is -2.45. The van der Waals surface area contributed by atoms with Crippen LogP contribution in [0.25, 0.3) is 0 Å². The third-order valence-corrected chi connectivity index (χ3v) is 6.88. The molecule has 0 radical (unpaired) electrons. The first-order valence-electron chi connectivity index (χ1n) is 11.8. The maximum atomic E-state index is 13.3. The van der Waals surface area contributed by atoms with Crippen LogP contribution < -0.4 is 15.4 Å². The van der Waals surface area contributed by atoms with E-state index in [2.05, 4.69) is 15.4 Å². The number of ether oxygens (including phenoxy) is 1. The number of carbonyl (C=O) groups is 3. The summed E-state index contributed by atoms with van der Waals surface area (Å²) < 4.78 is 42.3. The Hall–Kier alpha value is -3.29. The van der Waals surface area contributed by atoms with Crippen molar-refractivity contribution in [3.05, 3.63) is 29.3 Å². The monoisotopic (exact) mass is 492 g/mol. The van der Waals surface area contributed by atoms with Crippen LogP contribution in [0.3, 0.4) is 0 Å². The molecule has 4 rings (SSSR count). The van der Waals surface area contributed by atoms with Crippen LogP contribution in [0.15, 0.2) is 18.2 Å². The van der Waals surface area contributed by atoms with Crippen molar-refractivity contribution in [2.45, 2.75) is 63.4 Å². The standard InChI is InChI=1S/C24H27F3N4O4/c25-24(26,27)35-19-11-15(12-28)4-5-17(19)13-29-20(32)18-3-1-10-31(14-18)22(34)23(8-2-9-23)30-21(33)16-6-7-16/h4-5,11,16,18H,1-3,6-10,13-14H2,(H,29,32)(H,30,33)/t18-/m1/s1. The molecule has 188 valence electrons. The summed E-state index contributed by atoms with van der Waals surface area (Å²) in [4.78, 5) is 40.1. The molecule has 0 spiro atoms. The van der Waals surface area contributed by atoms with Crippen LogP contribution in [-0.4, -0.2) is 47.6 Å². The van der Waals surface area contributed by atoms with Gasteiger partial charge in [0.15, 0.2) is 0 Å². The summed E-state index contributed by atoms with van der Waals surface area (Å²) in [5.41, 5.74) is -0.807. The number of piperidine rings is 1. The number of nitrogens with zero attached hydrogens (tertiary/aromatic N) is 2. The first-order chi connectivity index (χ1) is 16.6. The first kappa shape index (κ1) is 24.8. The Bertz CT molecular complexity index is 1040. The van der Waals surface area contributed by atoms with Crippen LogP contribution in [0, 0.1) is 23.2 Å². The van der Waals surface area contributed by atoms with Crippen molar-refractivity contribution < 1.29 is 32.3 Å². The van der Waals surface area contributed by atoms with Crippen molar-refractivity contribution in [2.24, 2.45) is 11.8 Å². The zero-order valence-corrected chi connectivity index (χ0v) is 19.1. The number of halogens is 3. The van der Waals surface area contributed by atoms with Crippen molar-refractivity contribution in [3.8, 4) is 11.8 Å². The van der Waals surface area contributed by atoms with E-state index < -0.39 is 23.6 Å². The van der Waals surface area contributed by atoms with Gasteiger partial charge in [0.1, 0.15) is 11.3 Å². The average molecular weight is 492 g/mol. The Kier molecular flexibility index (Phi) is 6.92. The number of likely N-dealkylation sites (tertiary alicyclic amines) is 1. The van der Waals surface area contributed by atoms with Gasteiger partial charge in [-0.3, -0.25) is 14.4 Å². The molecule has 35 heavy (non-hydrogen) atoms. The van der Waals surface area contributed by atoms with Gasteiger partial charge in [0.05, 0.1) is 17.6 Å². The molecule has 2 N–H and O–H groups in total. The van der Waals surface area contributed by atoms with Crippen LogP contribution in [0.5, 0.6) is 5.75 Å². The third-order valence-electron chi connectivity index (χ3n) is 6.88. The summed E-state index contributed by atoms with van der Waals surface area (Å²) in [5, 5.41) is 14.5. The van der Waals surface area contributed by atoms with Gasteiger partial charge < -0.3 is 20.3 Å². The summed E-state index contributed by atoms with van der Waals surface area (Å²) in [6.45, 7) is 0.454. The summed E-state index contributed by atoms with van der Waals surface area (Å²) in [5.74, 6) is -1.69. The number of rotatable bonds is 7. The molecule has 2 aliphatic carbocycles. The predicted octanol–water partition coefficient (Wildman–Crippen LogP) is 2.76. The van der Waals surface area contributed by atoms with E-state index in [1.807, 2.05) is 0 Å². The molecule has 1 atom stereocenters. The lowest BCUT2D eigenvalue weighted by Crippen LogP contribution is -2.65. The van der Waals surface area contributed by atoms with E-state index in [9.17, 15) is 27.6 Å². The van der Waals surface area contributed by atoms with E-state index in [0.29, 0.717) is 32.2 Å². The van der Waals surface area contributed by atoms with E-state index in [-0.39, 0.29) is 47.9 Å². The smallest absolute Gasteiger partial charge is 0.405 e. The van der Waals surface area contributed by atoms with Crippen molar-refractivity contribution in [3.63, 3.8) is 0 Å². The zero-order valence-electron chi connectivity index (χ0n) is 19.1. The lowest BCUT2D eigenvalue weighted by molar-refractivity contribution is -0.274. The largest absolute Gasteiger partial charge is 0.573 e. The number of nitrogens with one attached hydrogen (secondary N) is 2. The molecule has 2 saturated carbocycles. The Labute approximate surface area is 200 Å². The normalized spacial score (nSPS) is 21.3. The van der Waals surface area contributed by atoms with E-state index in [1.54, 1.807) is 11.0 Å². The SMILES string of the molecule is N#Cc1ccc(CNC(=O)[C@@H]2CCCN(C(=O)C3(NC(=O)C4CC4)CCC3)C2)c(OC(F)(F)F)c1. The predicted molar refractivity (Wildman–Crippen MR) is 116 cm³/mol. The molecule has 1 saturated heterocycles. The minimum atomic E-state index is -4.94. The van der Waals surface area contributed by atoms with Gasteiger partial charge in [-0.25, -0.2) is 0 Å². The minimum Gasteiger partial charge on any atom is -0.405 e. The highest BCUT2D eigenvalue weighted by atomic mass is 19.4. The number of nitriles is 1. The molecule has 1 heterocycles. The van der Waals surface area contributed by atoms with Gasteiger partial charge >= 0.3 is 6.36 Å². The van der Waals surface area contributed by atoms with Crippen molar-refractivity contribution in [2.75, 3.05) is 13.1 Å². The number of carbonyl (C=O) groups excluding carboxylic acids is 3. The second kappa shape index (κ2) is 9.76. The molecule has 0 aromatic heterocycles. The third kappa shape index (κ3) is 5.86. The minimum absolute atomic E-state index is 0.000499. The second-order valence-corrected chi connectivity index (χ2v) is 9.49. The summed E-state index contributed by atoms with van der Waals surface area (Å²) >= 11 is 0. The molecule has 1 aromatic rings. The number of hydrogen-bond acceptors (Lipinski definition) is 5. The molecular formula is C24H27F3N4O4. The molecule has 3 amide bonds. The first-order valence-corrected chi connectivity index (χ1v) is 11.8. The van der Waals surface area contributed by atoms with Gasteiger partial charge in [-0.05, 0) is 57.1 Å². The number of hydrogen-bond donors (Lipinski definition) is 2. The van der Waals surface area contributed by atoms with Crippen LogP contribution in [0.1, 0.15) is 56.1 Å². The average Bonchev–Trinajstić information content (AvgIpc) is 3.64. The van der Waals surface area contributed by atoms with Crippen molar-refractivity contribution in [1.29, 1.82) is 5.26 Å². The summed E-state index contributed by atoms with van der Waals surface area (Å²) in [6.07, 6.45) is -0.0956. The maximum Gasteiger partial charge on any atom is 0.573 e. The topological polar surface area (TPSA) is 112 Å². The fourth-order valence-electron chi connectivity index (χ4n) is 4.60. The van der Waals surface area contributed by atoms with Crippen LogP contribution in [0.4, 0.5) is 13.2 Å². The van der Waals surface area contributed by atoms with Crippen LogP contribution in [0.2, 0.25) is 0 Å². The maximum absolute atomic E-state index is 13.3. The fraction of sp³-hybridized carbons (Fsp3) is 0.583. The van der Waals surface area contributed by atoms with Gasteiger partial charge in [0.25, 0.3) is 0 Å². The van der Waals surface area contributed by atoms with Crippen molar-refractivity contribution >= 4 is 17.7 Å². The van der Waals surface area contributed by atoms with Gasteiger partial charge in [-0.2, -0.15) is 5.26 Å². The highest BCUT2D eigenvalue weighted by Gasteiger charge is 2.49. The second-order valence-electron chi connectivity index (χ2n) is 9.49. The number of benzene rings is 1. The van der Waals surface area contributed by atoms with E-state index in [0.717, 1.165) is 25.3 Å².